The van der Waals surface area contributed by atoms with Crippen LogP contribution in [0.2, 0.25) is 5.15 Å². The Morgan fingerprint density at radius 1 is 1.36 bits per heavy atom. The number of pyridine rings is 1. The number of hydrogen-bond acceptors (Lipinski definition) is 3. The first kappa shape index (κ1) is 9.29. The zero-order chi connectivity index (χ0) is 9.97. The molecule has 0 amide bonds. The Hall–Kier alpha value is -1.27. The Balaban J connectivity index is 2.33. The fraction of sp³-hybridized carbons (Fsp3) is 0.400. The Morgan fingerprint density at radius 2 is 2.07 bits per heavy atom. The minimum atomic E-state index is 0.394. The van der Waals surface area contributed by atoms with Crippen molar-refractivity contribution in [1.29, 1.82) is 5.26 Å². The van der Waals surface area contributed by atoms with Crippen LogP contribution in [0.5, 0.6) is 0 Å². The first-order valence-electron chi connectivity index (χ1n) is 4.62. The van der Waals surface area contributed by atoms with Gasteiger partial charge in [0.25, 0.3) is 0 Å². The van der Waals surface area contributed by atoms with Crippen molar-refractivity contribution in [3.05, 3.63) is 22.8 Å². The van der Waals surface area contributed by atoms with Crippen LogP contribution in [0, 0.1) is 11.3 Å². The second-order valence-electron chi connectivity index (χ2n) is 3.34. The molecule has 0 aromatic carbocycles. The van der Waals surface area contributed by atoms with Crippen LogP contribution in [0.1, 0.15) is 18.4 Å². The second-order valence-corrected chi connectivity index (χ2v) is 3.73. The van der Waals surface area contributed by atoms with E-state index in [1.165, 1.54) is 12.8 Å². The Labute approximate surface area is 87.9 Å². The van der Waals surface area contributed by atoms with Crippen molar-refractivity contribution in [2.75, 3.05) is 18.0 Å². The summed E-state index contributed by atoms with van der Waals surface area (Å²) in [6.07, 6.45) is 2.38. The maximum Gasteiger partial charge on any atom is 0.132 e. The van der Waals surface area contributed by atoms with Gasteiger partial charge in [0, 0.05) is 13.1 Å². The van der Waals surface area contributed by atoms with Crippen LogP contribution in [0.15, 0.2) is 12.1 Å². The largest absolute Gasteiger partial charge is 0.357 e. The second kappa shape index (κ2) is 3.85. The standard InChI is InChI=1S/C10H10ClN3/c11-9-5-8(7-12)6-10(13-9)14-3-1-2-4-14/h5-6H,1-4H2. The van der Waals surface area contributed by atoms with Crippen molar-refractivity contribution < 1.29 is 0 Å². The van der Waals surface area contributed by atoms with E-state index in [0.29, 0.717) is 10.7 Å². The van der Waals surface area contributed by atoms with Crippen LogP contribution in [0.4, 0.5) is 5.82 Å². The summed E-state index contributed by atoms with van der Waals surface area (Å²) in [6.45, 7) is 2.02. The zero-order valence-electron chi connectivity index (χ0n) is 7.70. The average Bonchev–Trinajstić information content (AvgIpc) is 2.69. The van der Waals surface area contributed by atoms with Crippen LogP contribution in [-0.4, -0.2) is 18.1 Å². The molecular formula is C10H10ClN3. The highest BCUT2D eigenvalue weighted by molar-refractivity contribution is 6.29. The van der Waals surface area contributed by atoms with Gasteiger partial charge < -0.3 is 4.90 Å². The lowest BCUT2D eigenvalue weighted by Gasteiger charge is -2.16. The van der Waals surface area contributed by atoms with Gasteiger partial charge in [-0.25, -0.2) is 4.98 Å². The summed E-state index contributed by atoms with van der Waals surface area (Å²) in [7, 11) is 0. The van der Waals surface area contributed by atoms with Crippen molar-refractivity contribution in [1.82, 2.24) is 4.98 Å². The number of nitrogens with zero attached hydrogens (tertiary/aromatic N) is 3. The van der Waals surface area contributed by atoms with Crippen molar-refractivity contribution in [3.63, 3.8) is 0 Å². The molecule has 0 aliphatic carbocycles. The third-order valence-corrected chi connectivity index (χ3v) is 2.53. The van der Waals surface area contributed by atoms with E-state index in [1.54, 1.807) is 12.1 Å². The third-order valence-electron chi connectivity index (χ3n) is 2.34. The smallest absolute Gasteiger partial charge is 0.132 e. The molecule has 2 rings (SSSR count). The van der Waals surface area contributed by atoms with E-state index < -0.39 is 0 Å². The summed E-state index contributed by atoms with van der Waals surface area (Å²) in [5.74, 6) is 0.826. The van der Waals surface area contributed by atoms with Crippen molar-refractivity contribution >= 4 is 17.4 Å². The van der Waals surface area contributed by atoms with E-state index in [1.807, 2.05) is 0 Å². The Morgan fingerprint density at radius 3 is 2.71 bits per heavy atom. The molecule has 1 aromatic rings. The predicted molar refractivity (Wildman–Crippen MR) is 55.4 cm³/mol. The molecule has 1 aliphatic heterocycles. The van der Waals surface area contributed by atoms with Gasteiger partial charge in [-0.2, -0.15) is 5.26 Å². The highest BCUT2D eigenvalue weighted by Crippen LogP contribution is 2.21. The normalized spacial score (nSPS) is 15.6. The molecule has 0 atom stereocenters. The van der Waals surface area contributed by atoms with Crippen molar-refractivity contribution in [3.8, 4) is 6.07 Å². The lowest BCUT2D eigenvalue weighted by atomic mass is 10.3. The maximum absolute atomic E-state index is 8.77. The molecule has 1 aromatic heterocycles. The number of rotatable bonds is 1. The highest BCUT2D eigenvalue weighted by atomic mass is 35.5. The number of halogens is 1. The van der Waals surface area contributed by atoms with Crippen LogP contribution in [0.3, 0.4) is 0 Å². The molecule has 0 N–H and O–H groups in total. The van der Waals surface area contributed by atoms with Crippen molar-refractivity contribution in [2.24, 2.45) is 0 Å². The van der Waals surface area contributed by atoms with Crippen LogP contribution < -0.4 is 4.90 Å². The molecule has 1 fully saturated rings. The molecule has 3 nitrogen and oxygen atoms in total. The van der Waals surface area contributed by atoms with Gasteiger partial charge >= 0.3 is 0 Å². The van der Waals surface area contributed by atoms with E-state index in [0.717, 1.165) is 18.9 Å². The number of nitriles is 1. The van der Waals surface area contributed by atoms with Gasteiger partial charge in [-0.3, -0.25) is 0 Å². The summed E-state index contributed by atoms with van der Waals surface area (Å²) < 4.78 is 0. The number of anilines is 1. The highest BCUT2D eigenvalue weighted by Gasteiger charge is 2.14. The third kappa shape index (κ3) is 1.80. The summed E-state index contributed by atoms with van der Waals surface area (Å²) in [5, 5.41) is 9.17. The minimum absolute atomic E-state index is 0.394. The molecule has 72 valence electrons. The Bertz CT molecular complexity index is 377. The fourth-order valence-corrected chi connectivity index (χ4v) is 1.86. The van der Waals surface area contributed by atoms with E-state index in [-0.39, 0.29) is 0 Å². The van der Waals surface area contributed by atoms with Crippen molar-refractivity contribution in [2.45, 2.75) is 12.8 Å². The first-order chi connectivity index (χ1) is 6.79. The average molecular weight is 208 g/mol. The first-order valence-corrected chi connectivity index (χ1v) is 5.00. The molecule has 2 heterocycles. The minimum Gasteiger partial charge on any atom is -0.357 e. The zero-order valence-corrected chi connectivity index (χ0v) is 8.46. The maximum atomic E-state index is 8.77. The van der Waals surface area contributed by atoms with E-state index in [4.69, 9.17) is 16.9 Å². The fourth-order valence-electron chi connectivity index (χ4n) is 1.66. The summed E-state index contributed by atoms with van der Waals surface area (Å²) >= 11 is 5.82. The van der Waals surface area contributed by atoms with Crippen LogP contribution >= 0.6 is 11.6 Å². The lowest BCUT2D eigenvalue weighted by Crippen LogP contribution is -2.19. The monoisotopic (exact) mass is 207 g/mol. The predicted octanol–water partition coefficient (Wildman–Crippen LogP) is 2.21. The van der Waals surface area contributed by atoms with Gasteiger partial charge in [-0.05, 0) is 25.0 Å². The molecule has 0 spiro atoms. The molecule has 0 bridgehead atoms. The number of hydrogen-bond donors (Lipinski definition) is 0. The molecule has 0 saturated carbocycles. The molecule has 4 heteroatoms. The van der Waals surface area contributed by atoms with Gasteiger partial charge in [-0.15, -0.1) is 0 Å². The molecule has 1 aliphatic rings. The quantitative estimate of drug-likeness (QED) is 0.663. The van der Waals surface area contributed by atoms with Gasteiger partial charge in [0.15, 0.2) is 0 Å². The summed E-state index contributed by atoms with van der Waals surface area (Å²) in [5.41, 5.74) is 0.576. The van der Waals surface area contributed by atoms with E-state index in [9.17, 15) is 0 Å². The Kier molecular flexibility index (Phi) is 2.55. The molecule has 0 unspecified atom stereocenters. The molecule has 1 saturated heterocycles. The van der Waals surface area contributed by atoms with Crippen LogP contribution in [0.25, 0.3) is 0 Å². The van der Waals surface area contributed by atoms with Gasteiger partial charge in [0.05, 0.1) is 11.6 Å². The SMILES string of the molecule is N#Cc1cc(Cl)nc(N2CCCC2)c1. The molecular weight excluding hydrogens is 198 g/mol. The number of aromatic nitrogens is 1. The van der Waals surface area contributed by atoms with Gasteiger partial charge in [0.2, 0.25) is 0 Å². The van der Waals surface area contributed by atoms with E-state index >= 15 is 0 Å². The topological polar surface area (TPSA) is 39.9 Å². The van der Waals surface area contributed by atoms with Gasteiger partial charge in [-0.1, -0.05) is 11.6 Å². The summed E-state index contributed by atoms with van der Waals surface area (Å²) in [6, 6.07) is 5.45. The summed E-state index contributed by atoms with van der Waals surface area (Å²) in [4.78, 5) is 6.36. The molecule has 14 heavy (non-hydrogen) atoms. The van der Waals surface area contributed by atoms with E-state index in [2.05, 4.69) is 16.0 Å². The van der Waals surface area contributed by atoms with Crippen LogP contribution in [-0.2, 0) is 0 Å². The van der Waals surface area contributed by atoms with Gasteiger partial charge in [0.1, 0.15) is 11.0 Å². The molecule has 0 radical (unpaired) electrons. The lowest BCUT2D eigenvalue weighted by molar-refractivity contribution is 0.937.